The average Bonchev–Trinajstić information content (AvgIpc) is 2.86. The Morgan fingerprint density at radius 2 is 1.74 bits per heavy atom. The molecule has 0 fully saturated rings. The van der Waals surface area contributed by atoms with Gasteiger partial charge in [0, 0.05) is 45.1 Å². The number of hydrogen-bond acceptors (Lipinski definition) is 4. The van der Waals surface area contributed by atoms with E-state index in [1.807, 2.05) is 37.2 Å². The Bertz CT molecular complexity index is 1220. The van der Waals surface area contributed by atoms with Crippen LogP contribution in [0.1, 0.15) is 22.7 Å². The molecule has 0 aliphatic carbocycles. The van der Waals surface area contributed by atoms with Crippen molar-refractivity contribution in [2.75, 3.05) is 37.4 Å². The summed E-state index contributed by atoms with van der Waals surface area (Å²) in [5.41, 5.74) is 5.00. The molecule has 3 aromatic carbocycles. The van der Waals surface area contributed by atoms with Crippen LogP contribution in [0.25, 0.3) is 0 Å². The van der Waals surface area contributed by atoms with Crippen LogP contribution in [-0.2, 0) is 22.6 Å². The van der Waals surface area contributed by atoms with Crippen molar-refractivity contribution in [3.63, 3.8) is 0 Å². The molecule has 2 N–H and O–H groups in total. The first-order valence-electron chi connectivity index (χ1n) is 11.4. The van der Waals surface area contributed by atoms with Gasteiger partial charge in [-0.2, -0.15) is 0 Å². The third kappa shape index (κ3) is 5.99. The predicted molar refractivity (Wildman–Crippen MR) is 137 cm³/mol. The van der Waals surface area contributed by atoms with Crippen LogP contribution in [0, 0.1) is 5.82 Å². The number of fused-ring (bicyclic) bond motifs is 1. The number of halogens is 2. The summed E-state index contributed by atoms with van der Waals surface area (Å²) in [6.07, 6.45) is 0.919. The molecule has 1 heterocycles. The Morgan fingerprint density at radius 3 is 2.43 bits per heavy atom. The molecular formula is C27H28ClFN4O2. The predicted octanol–water partition coefficient (Wildman–Crippen LogP) is 4.40. The molecule has 0 bridgehead atoms. The van der Waals surface area contributed by atoms with Crippen LogP contribution in [-0.4, -0.2) is 43.9 Å². The summed E-state index contributed by atoms with van der Waals surface area (Å²) in [4.78, 5) is 29.4. The van der Waals surface area contributed by atoms with Crippen molar-refractivity contribution in [1.82, 2.24) is 10.2 Å². The molecule has 6 nitrogen and oxygen atoms in total. The summed E-state index contributed by atoms with van der Waals surface area (Å²) in [7, 11) is 3.97. The highest BCUT2D eigenvalue weighted by molar-refractivity contribution is 6.39. The molecular weight excluding hydrogens is 467 g/mol. The molecule has 1 aliphatic rings. The maximum Gasteiger partial charge on any atom is 0.313 e. The monoisotopic (exact) mass is 494 g/mol. The zero-order chi connectivity index (χ0) is 24.9. The van der Waals surface area contributed by atoms with Gasteiger partial charge in [0.15, 0.2) is 0 Å². The van der Waals surface area contributed by atoms with Gasteiger partial charge >= 0.3 is 11.8 Å². The lowest BCUT2D eigenvalue weighted by atomic mass is 9.96. The van der Waals surface area contributed by atoms with Gasteiger partial charge in [0.25, 0.3) is 0 Å². The molecule has 8 heteroatoms. The second kappa shape index (κ2) is 10.9. The first-order valence-corrected chi connectivity index (χ1v) is 11.8. The second-order valence-electron chi connectivity index (χ2n) is 8.78. The minimum Gasteiger partial charge on any atom is -0.378 e. The Hall–Kier alpha value is -3.42. The fourth-order valence-corrected chi connectivity index (χ4v) is 4.45. The molecule has 0 saturated carbocycles. The second-order valence-corrected chi connectivity index (χ2v) is 9.19. The van der Waals surface area contributed by atoms with Crippen molar-refractivity contribution < 1.29 is 14.0 Å². The molecule has 35 heavy (non-hydrogen) atoms. The zero-order valence-electron chi connectivity index (χ0n) is 19.7. The van der Waals surface area contributed by atoms with Crippen molar-refractivity contribution in [2.45, 2.75) is 19.0 Å². The average molecular weight is 495 g/mol. The largest absolute Gasteiger partial charge is 0.378 e. The Morgan fingerprint density at radius 1 is 1.03 bits per heavy atom. The summed E-state index contributed by atoms with van der Waals surface area (Å²) in [6.45, 7) is 1.86. The maximum absolute atomic E-state index is 13.4. The van der Waals surface area contributed by atoms with Gasteiger partial charge in [-0.1, -0.05) is 48.0 Å². The lowest BCUT2D eigenvalue weighted by Crippen LogP contribution is -2.43. The van der Waals surface area contributed by atoms with Crippen molar-refractivity contribution in [3.05, 3.63) is 94.3 Å². The number of benzene rings is 3. The van der Waals surface area contributed by atoms with Gasteiger partial charge in [-0.15, -0.1) is 0 Å². The van der Waals surface area contributed by atoms with Crippen LogP contribution in [0.4, 0.5) is 15.8 Å². The van der Waals surface area contributed by atoms with E-state index in [1.54, 1.807) is 0 Å². The topological polar surface area (TPSA) is 64.7 Å². The van der Waals surface area contributed by atoms with E-state index in [0.717, 1.165) is 36.8 Å². The number of anilines is 2. The minimum absolute atomic E-state index is 0.114. The minimum atomic E-state index is -0.835. The lowest BCUT2D eigenvalue weighted by Gasteiger charge is -2.36. The van der Waals surface area contributed by atoms with E-state index in [9.17, 15) is 14.0 Å². The molecule has 1 aliphatic heterocycles. The van der Waals surface area contributed by atoms with Crippen LogP contribution in [0.2, 0.25) is 5.02 Å². The van der Waals surface area contributed by atoms with Gasteiger partial charge in [0.1, 0.15) is 5.82 Å². The third-order valence-electron chi connectivity index (χ3n) is 6.23. The van der Waals surface area contributed by atoms with Crippen molar-refractivity contribution in [3.8, 4) is 0 Å². The molecule has 1 unspecified atom stereocenters. The van der Waals surface area contributed by atoms with Gasteiger partial charge in [0.2, 0.25) is 0 Å². The molecule has 0 radical (unpaired) electrons. The fraction of sp³-hybridized carbons (Fsp3) is 0.259. The van der Waals surface area contributed by atoms with Crippen molar-refractivity contribution in [2.24, 2.45) is 0 Å². The normalized spacial score (nSPS) is 14.1. The van der Waals surface area contributed by atoms with Gasteiger partial charge < -0.3 is 15.5 Å². The van der Waals surface area contributed by atoms with Crippen LogP contribution in [0.5, 0.6) is 0 Å². The maximum atomic E-state index is 13.4. The van der Waals surface area contributed by atoms with E-state index in [2.05, 4.69) is 45.9 Å². The SMILES string of the molecule is CN(C)c1ccc(C(CNC(=O)C(=O)Nc2ccc(F)c(Cl)c2)N2CCc3ccccc3C2)cc1. The van der Waals surface area contributed by atoms with Crippen LogP contribution in [0.3, 0.4) is 0 Å². The number of nitrogens with zero attached hydrogens (tertiary/aromatic N) is 2. The molecule has 0 aromatic heterocycles. The van der Waals surface area contributed by atoms with Gasteiger partial charge in [-0.3, -0.25) is 14.5 Å². The Kier molecular flexibility index (Phi) is 7.68. The first-order chi connectivity index (χ1) is 16.8. The Balaban J connectivity index is 1.48. The molecule has 0 spiro atoms. The van der Waals surface area contributed by atoms with Crippen LogP contribution >= 0.6 is 11.6 Å². The molecule has 182 valence electrons. The smallest absolute Gasteiger partial charge is 0.313 e. The van der Waals surface area contributed by atoms with E-state index < -0.39 is 17.6 Å². The number of carbonyl (C=O) groups excluding carboxylic acids is 2. The number of carbonyl (C=O) groups is 2. The van der Waals surface area contributed by atoms with E-state index >= 15 is 0 Å². The first kappa shape index (κ1) is 24.7. The summed E-state index contributed by atoms with van der Waals surface area (Å²) in [5.74, 6) is -2.20. The summed E-state index contributed by atoms with van der Waals surface area (Å²) >= 11 is 5.76. The summed E-state index contributed by atoms with van der Waals surface area (Å²) < 4.78 is 13.4. The van der Waals surface area contributed by atoms with E-state index in [-0.39, 0.29) is 23.3 Å². The molecule has 0 saturated heterocycles. The molecule has 4 rings (SSSR count). The quantitative estimate of drug-likeness (QED) is 0.499. The molecule has 3 aromatic rings. The third-order valence-corrected chi connectivity index (χ3v) is 6.52. The highest BCUT2D eigenvalue weighted by atomic mass is 35.5. The summed E-state index contributed by atoms with van der Waals surface area (Å²) in [5, 5.41) is 5.11. The van der Waals surface area contributed by atoms with Gasteiger partial charge in [-0.25, -0.2) is 4.39 Å². The fourth-order valence-electron chi connectivity index (χ4n) is 4.27. The van der Waals surface area contributed by atoms with Crippen LogP contribution in [0.15, 0.2) is 66.7 Å². The molecule has 2 amide bonds. The standard InChI is InChI=1S/C27H28ClFN4O2/c1-32(2)22-10-7-19(8-11-22)25(33-14-13-18-5-3-4-6-20(18)17-33)16-30-26(34)27(35)31-21-9-12-24(29)23(28)15-21/h3-12,15,25H,13-14,16-17H2,1-2H3,(H,30,34)(H,31,35). The van der Waals surface area contributed by atoms with Gasteiger partial charge in [0.05, 0.1) is 11.1 Å². The highest BCUT2D eigenvalue weighted by Gasteiger charge is 2.26. The van der Waals surface area contributed by atoms with Crippen molar-refractivity contribution in [1.29, 1.82) is 0 Å². The lowest BCUT2D eigenvalue weighted by molar-refractivity contribution is -0.136. The zero-order valence-corrected chi connectivity index (χ0v) is 20.5. The molecule has 1 atom stereocenters. The number of rotatable bonds is 6. The van der Waals surface area contributed by atoms with Crippen molar-refractivity contribution >= 4 is 34.8 Å². The van der Waals surface area contributed by atoms with Crippen LogP contribution < -0.4 is 15.5 Å². The highest BCUT2D eigenvalue weighted by Crippen LogP contribution is 2.29. The van der Waals surface area contributed by atoms with Gasteiger partial charge in [-0.05, 0) is 53.4 Å². The number of amides is 2. The van der Waals surface area contributed by atoms with E-state index in [0.29, 0.717) is 0 Å². The number of nitrogens with one attached hydrogen (secondary N) is 2. The van der Waals surface area contributed by atoms with E-state index in [1.165, 1.54) is 23.3 Å². The summed E-state index contributed by atoms with van der Waals surface area (Å²) in [6, 6.07) is 20.2. The van der Waals surface area contributed by atoms with E-state index in [4.69, 9.17) is 11.6 Å². The Labute approximate surface area is 209 Å². The number of hydrogen-bond donors (Lipinski definition) is 2.